The number of rotatable bonds is 3. The quantitative estimate of drug-likeness (QED) is 0.829. The van der Waals surface area contributed by atoms with Gasteiger partial charge in [0.1, 0.15) is 11.5 Å². The van der Waals surface area contributed by atoms with Gasteiger partial charge >= 0.3 is 0 Å². The topological polar surface area (TPSA) is 34.4 Å². The maximum Gasteiger partial charge on any atom is 0.121 e. The normalized spacial score (nSPS) is 24.0. The van der Waals surface area contributed by atoms with Crippen molar-refractivity contribution >= 4 is 0 Å². The Labute approximate surface area is 90.8 Å². The maximum atomic E-state index is 5.67. The van der Waals surface area contributed by atoms with Gasteiger partial charge in [-0.3, -0.25) is 0 Å². The number of hydrogen-bond donors (Lipinski definition) is 1. The highest BCUT2D eigenvalue weighted by Crippen LogP contribution is 2.29. The van der Waals surface area contributed by atoms with Crippen molar-refractivity contribution in [3.8, 4) is 0 Å². The first kappa shape index (κ1) is 10.7. The largest absolute Gasteiger partial charge is 0.465 e. The number of ether oxygens (including phenoxy) is 1. The number of aryl methyl sites for hydroxylation is 1. The molecule has 2 atom stereocenters. The predicted octanol–water partition coefficient (Wildman–Crippen LogP) is 2.28. The molecule has 15 heavy (non-hydrogen) atoms. The van der Waals surface area contributed by atoms with Crippen LogP contribution in [0.5, 0.6) is 0 Å². The Kier molecular flexibility index (Phi) is 3.44. The molecule has 0 saturated carbocycles. The van der Waals surface area contributed by atoms with Crippen LogP contribution in [0.15, 0.2) is 16.5 Å². The summed E-state index contributed by atoms with van der Waals surface area (Å²) in [4.78, 5) is 0. The van der Waals surface area contributed by atoms with Crippen molar-refractivity contribution in [2.75, 3.05) is 20.3 Å². The monoisotopic (exact) mass is 209 g/mol. The lowest BCUT2D eigenvalue weighted by Crippen LogP contribution is -2.31. The van der Waals surface area contributed by atoms with E-state index in [-0.39, 0.29) is 0 Å². The Hall–Kier alpha value is -0.800. The molecule has 1 fully saturated rings. The first-order valence-corrected chi connectivity index (χ1v) is 5.62. The molecular formula is C12H19NO2. The number of furan rings is 1. The van der Waals surface area contributed by atoms with E-state index in [0.29, 0.717) is 12.0 Å². The van der Waals surface area contributed by atoms with Crippen LogP contribution < -0.4 is 5.32 Å². The lowest BCUT2D eigenvalue weighted by atomic mass is 9.92. The third kappa shape index (κ3) is 2.41. The second-order valence-corrected chi connectivity index (χ2v) is 4.19. The van der Waals surface area contributed by atoms with Crippen molar-refractivity contribution in [3.63, 3.8) is 0 Å². The second kappa shape index (κ2) is 4.81. The summed E-state index contributed by atoms with van der Waals surface area (Å²) >= 11 is 0. The fourth-order valence-corrected chi connectivity index (χ4v) is 2.26. The van der Waals surface area contributed by atoms with Crippen LogP contribution in [-0.2, 0) is 4.74 Å². The number of hydrogen-bond acceptors (Lipinski definition) is 3. The fraction of sp³-hybridized carbons (Fsp3) is 0.667. The van der Waals surface area contributed by atoms with Crippen molar-refractivity contribution in [2.45, 2.75) is 25.8 Å². The summed E-state index contributed by atoms with van der Waals surface area (Å²) in [5, 5.41) is 3.33. The summed E-state index contributed by atoms with van der Waals surface area (Å²) in [5.74, 6) is 2.54. The molecule has 0 aliphatic carbocycles. The molecule has 1 saturated heterocycles. The fourth-order valence-electron chi connectivity index (χ4n) is 2.26. The van der Waals surface area contributed by atoms with Crippen LogP contribution in [0.1, 0.15) is 30.4 Å². The molecule has 1 aliphatic heterocycles. The molecule has 2 heterocycles. The van der Waals surface area contributed by atoms with Crippen LogP contribution in [-0.4, -0.2) is 20.3 Å². The molecule has 0 aromatic carbocycles. The molecule has 0 radical (unpaired) electrons. The van der Waals surface area contributed by atoms with Crippen LogP contribution in [0.3, 0.4) is 0 Å². The van der Waals surface area contributed by atoms with Crippen molar-refractivity contribution < 1.29 is 9.15 Å². The molecule has 2 rings (SSSR count). The molecule has 1 N–H and O–H groups in total. The number of nitrogens with one attached hydrogen (secondary N) is 1. The maximum absolute atomic E-state index is 5.67. The first-order valence-electron chi connectivity index (χ1n) is 5.62. The van der Waals surface area contributed by atoms with Gasteiger partial charge in [0.05, 0.1) is 12.6 Å². The lowest BCUT2D eigenvalue weighted by Gasteiger charge is -2.28. The van der Waals surface area contributed by atoms with E-state index in [4.69, 9.17) is 9.15 Å². The molecule has 0 spiro atoms. The van der Waals surface area contributed by atoms with Gasteiger partial charge in [-0.05, 0) is 38.9 Å². The molecule has 1 aliphatic rings. The van der Waals surface area contributed by atoms with E-state index in [9.17, 15) is 0 Å². The predicted molar refractivity (Wildman–Crippen MR) is 58.8 cm³/mol. The smallest absolute Gasteiger partial charge is 0.121 e. The minimum Gasteiger partial charge on any atom is -0.465 e. The highest BCUT2D eigenvalue weighted by atomic mass is 16.5. The van der Waals surface area contributed by atoms with Crippen LogP contribution in [0.2, 0.25) is 0 Å². The third-order valence-corrected chi connectivity index (χ3v) is 3.05. The van der Waals surface area contributed by atoms with Crippen LogP contribution in [0, 0.1) is 12.8 Å². The van der Waals surface area contributed by atoms with Gasteiger partial charge in [-0.2, -0.15) is 0 Å². The average molecular weight is 209 g/mol. The van der Waals surface area contributed by atoms with Gasteiger partial charge in [0.2, 0.25) is 0 Å². The van der Waals surface area contributed by atoms with Gasteiger partial charge < -0.3 is 14.5 Å². The molecule has 0 bridgehead atoms. The first-order chi connectivity index (χ1) is 7.31. The van der Waals surface area contributed by atoms with Crippen molar-refractivity contribution in [1.29, 1.82) is 0 Å². The van der Waals surface area contributed by atoms with Gasteiger partial charge in [-0.25, -0.2) is 0 Å². The Morgan fingerprint density at radius 1 is 1.47 bits per heavy atom. The van der Waals surface area contributed by atoms with Gasteiger partial charge in [0, 0.05) is 12.5 Å². The van der Waals surface area contributed by atoms with E-state index in [2.05, 4.69) is 11.4 Å². The molecule has 1 aromatic rings. The zero-order valence-electron chi connectivity index (χ0n) is 9.45. The molecule has 84 valence electrons. The van der Waals surface area contributed by atoms with Crippen molar-refractivity contribution in [1.82, 2.24) is 5.32 Å². The lowest BCUT2D eigenvalue weighted by molar-refractivity contribution is 0.0367. The van der Waals surface area contributed by atoms with Crippen molar-refractivity contribution in [3.05, 3.63) is 23.7 Å². The van der Waals surface area contributed by atoms with E-state index >= 15 is 0 Å². The van der Waals surface area contributed by atoms with E-state index in [1.807, 2.05) is 20.0 Å². The summed E-state index contributed by atoms with van der Waals surface area (Å²) in [6.07, 6.45) is 2.37. The molecule has 2 unspecified atom stereocenters. The van der Waals surface area contributed by atoms with Crippen LogP contribution in [0.4, 0.5) is 0 Å². The molecule has 3 heteroatoms. The zero-order valence-corrected chi connectivity index (χ0v) is 9.45. The Balaban J connectivity index is 2.08. The van der Waals surface area contributed by atoms with Crippen molar-refractivity contribution in [2.24, 2.45) is 5.92 Å². The molecule has 0 amide bonds. The molecule has 3 nitrogen and oxygen atoms in total. The standard InChI is InChI=1S/C12H19NO2/c1-9-5-6-11(15-9)12(13-2)10-4-3-7-14-8-10/h5-6,10,12-13H,3-4,7-8H2,1-2H3. The summed E-state index contributed by atoms with van der Waals surface area (Å²) < 4.78 is 11.2. The minimum absolute atomic E-state index is 0.291. The van der Waals surface area contributed by atoms with Gasteiger partial charge in [-0.1, -0.05) is 0 Å². The Morgan fingerprint density at radius 3 is 2.87 bits per heavy atom. The Morgan fingerprint density at radius 2 is 2.33 bits per heavy atom. The van der Waals surface area contributed by atoms with Gasteiger partial charge in [0.15, 0.2) is 0 Å². The van der Waals surface area contributed by atoms with E-state index in [1.54, 1.807) is 0 Å². The van der Waals surface area contributed by atoms with E-state index in [0.717, 1.165) is 31.2 Å². The van der Waals surface area contributed by atoms with Gasteiger partial charge in [-0.15, -0.1) is 0 Å². The van der Waals surface area contributed by atoms with Crippen LogP contribution >= 0.6 is 0 Å². The van der Waals surface area contributed by atoms with Gasteiger partial charge in [0.25, 0.3) is 0 Å². The SMILES string of the molecule is CNC(c1ccc(C)o1)C1CCCOC1. The summed E-state index contributed by atoms with van der Waals surface area (Å²) in [6.45, 7) is 3.73. The van der Waals surface area contributed by atoms with E-state index in [1.165, 1.54) is 6.42 Å². The highest BCUT2D eigenvalue weighted by molar-refractivity contribution is 5.10. The Bertz CT molecular complexity index is 302. The summed E-state index contributed by atoms with van der Waals surface area (Å²) in [6, 6.07) is 4.37. The minimum atomic E-state index is 0.291. The van der Waals surface area contributed by atoms with Crippen LogP contribution in [0.25, 0.3) is 0 Å². The third-order valence-electron chi connectivity index (χ3n) is 3.05. The average Bonchev–Trinajstić information content (AvgIpc) is 2.68. The van der Waals surface area contributed by atoms with E-state index < -0.39 is 0 Å². The highest BCUT2D eigenvalue weighted by Gasteiger charge is 2.26. The summed E-state index contributed by atoms with van der Waals surface area (Å²) in [7, 11) is 1.98. The second-order valence-electron chi connectivity index (χ2n) is 4.19. The molecule has 1 aromatic heterocycles. The summed E-state index contributed by atoms with van der Waals surface area (Å²) in [5.41, 5.74) is 0. The zero-order chi connectivity index (χ0) is 10.7. The molecular weight excluding hydrogens is 190 g/mol.